The molecule has 0 bridgehead atoms. The molecule has 2 amide bonds. The highest BCUT2D eigenvalue weighted by Crippen LogP contribution is 2.35. The molecular weight excluding hydrogens is 350 g/mol. The van der Waals surface area contributed by atoms with E-state index in [0.29, 0.717) is 19.4 Å². The van der Waals surface area contributed by atoms with Gasteiger partial charge >= 0.3 is 0 Å². The summed E-state index contributed by atoms with van der Waals surface area (Å²) in [6.07, 6.45) is 1.23. The Labute approximate surface area is 166 Å². The van der Waals surface area contributed by atoms with Crippen LogP contribution in [0.5, 0.6) is 0 Å². The molecule has 3 N–H and O–H groups in total. The van der Waals surface area contributed by atoms with Gasteiger partial charge < -0.3 is 11.1 Å². The normalized spacial score (nSPS) is 16.0. The SMILES string of the molecule is CC(C)[C@H](NC(=O)C1(N(C)Cc2ccccc2)Cc2ccccc2C1)C(N)=O. The third-order valence-electron chi connectivity index (χ3n) is 5.76. The molecule has 5 heteroatoms. The second-order valence-corrected chi connectivity index (χ2v) is 8.09. The van der Waals surface area contributed by atoms with Crippen LogP contribution in [0.3, 0.4) is 0 Å². The Bertz CT molecular complexity index is 823. The minimum Gasteiger partial charge on any atom is -0.368 e. The van der Waals surface area contributed by atoms with Crippen LogP contribution in [-0.4, -0.2) is 35.3 Å². The summed E-state index contributed by atoms with van der Waals surface area (Å²) in [7, 11) is 1.98. The second kappa shape index (κ2) is 8.15. The fourth-order valence-electron chi connectivity index (χ4n) is 4.05. The van der Waals surface area contributed by atoms with Gasteiger partial charge in [-0.2, -0.15) is 0 Å². The molecule has 0 fully saturated rings. The van der Waals surface area contributed by atoms with E-state index in [9.17, 15) is 9.59 Å². The van der Waals surface area contributed by atoms with E-state index in [1.54, 1.807) is 0 Å². The van der Waals surface area contributed by atoms with Crippen LogP contribution in [0.15, 0.2) is 54.6 Å². The highest BCUT2D eigenvalue weighted by molar-refractivity contribution is 5.93. The number of fused-ring (bicyclic) bond motifs is 1. The average Bonchev–Trinajstić information content (AvgIpc) is 3.07. The lowest BCUT2D eigenvalue weighted by molar-refractivity contribution is -0.136. The molecule has 5 nitrogen and oxygen atoms in total. The van der Waals surface area contributed by atoms with E-state index in [0.717, 1.165) is 5.56 Å². The smallest absolute Gasteiger partial charge is 0.241 e. The Balaban J connectivity index is 1.91. The van der Waals surface area contributed by atoms with Gasteiger partial charge in [-0.15, -0.1) is 0 Å². The minimum absolute atomic E-state index is 0.0679. The highest BCUT2D eigenvalue weighted by atomic mass is 16.2. The largest absolute Gasteiger partial charge is 0.368 e. The number of benzene rings is 2. The lowest BCUT2D eigenvalue weighted by Gasteiger charge is -2.38. The van der Waals surface area contributed by atoms with Gasteiger partial charge in [0.25, 0.3) is 0 Å². The predicted molar refractivity (Wildman–Crippen MR) is 110 cm³/mol. The second-order valence-electron chi connectivity index (χ2n) is 8.09. The van der Waals surface area contributed by atoms with E-state index in [2.05, 4.69) is 34.5 Å². The van der Waals surface area contributed by atoms with Gasteiger partial charge in [0.15, 0.2) is 0 Å². The van der Waals surface area contributed by atoms with Crippen molar-refractivity contribution >= 4 is 11.8 Å². The molecule has 1 atom stereocenters. The van der Waals surface area contributed by atoms with Gasteiger partial charge in [0.2, 0.25) is 11.8 Å². The molecule has 0 aromatic heterocycles. The summed E-state index contributed by atoms with van der Waals surface area (Å²) in [6.45, 7) is 4.42. The first-order valence-electron chi connectivity index (χ1n) is 9.76. The van der Waals surface area contributed by atoms with E-state index in [4.69, 9.17) is 5.73 Å². The Morgan fingerprint density at radius 2 is 1.57 bits per heavy atom. The standard InChI is InChI=1S/C23H29N3O2/c1-16(2)20(21(24)27)25-22(28)23(13-18-11-7-8-12-19(18)14-23)26(3)15-17-9-5-4-6-10-17/h4-12,16,20H,13-15H2,1-3H3,(H2,24,27)(H,25,28)/t20-/m0/s1. The van der Waals surface area contributed by atoms with E-state index >= 15 is 0 Å². The van der Waals surface area contributed by atoms with Gasteiger partial charge in [-0.25, -0.2) is 0 Å². The third kappa shape index (κ3) is 3.94. The van der Waals surface area contributed by atoms with Gasteiger partial charge in [-0.3, -0.25) is 14.5 Å². The maximum Gasteiger partial charge on any atom is 0.241 e. The lowest BCUT2D eigenvalue weighted by Crippen LogP contribution is -2.62. The van der Waals surface area contributed by atoms with E-state index in [-0.39, 0.29) is 11.8 Å². The fraction of sp³-hybridized carbons (Fsp3) is 0.391. The minimum atomic E-state index is -0.748. The van der Waals surface area contributed by atoms with Crippen LogP contribution < -0.4 is 11.1 Å². The number of amides is 2. The Kier molecular flexibility index (Phi) is 5.84. The molecule has 1 aliphatic carbocycles. The number of nitrogens with zero attached hydrogens (tertiary/aromatic N) is 1. The van der Waals surface area contributed by atoms with Crippen molar-refractivity contribution < 1.29 is 9.59 Å². The molecule has 28 heavy (non-hydrogen) atoms. The van der Waals surface area contributed by atoms with Gasteiger partial charge in [0.1, 0.15) is 11.6 Å². The molecule has 2 aromatic carbocycles. The van der Waals surface area contributed by atoms with Crippen molar-refractivity contribution in [3.8, 4) is 0 Å². The fourth-order valence-corrected chi connectivity index (χ4v) is 4.05. The molecular formula is C23H29N3O2. The highest BCUT2D eigenvalue weighted by Gasteiger charge is 2.47. The molecule has 0 saturated heterocycles. The van der Waals surface area contributed by atoms with Crippen LogP contribution in [0.25, 0.3) is 0 Å². The van der Waals surface area contributed by atoms with Crippen LogP contribution in [0, 0.1) is 5.92 Å². The van der Waals surface area contributed by atoms with Crippen LogP contribution >= 0.6 is 0 Å². The quantitative estimate of drug-likeness (QED) is 0.775. The Hall–Kier alpha value is -2.66. The van der Waals surface area contributed by atoms with Crippen molar-refractivity contribution in [2.75, 3.05) is 7.05 Å². The lowest BCUT2D eigenvalue weighted by atomic mass is 9.90. The van der Waals surface area contributed by atoms with Gasteiger partial charge in [0, 0.05) is 19.4 Å². The molecule has 2 aromatic rings. The van der Waals surface area contributed by atoms with Crippen molar-refractivity contribution in [1.82, 2.24) is 10.2 Å². The summed E-state index contributed by atoms with van der Waals surface area (Å²) in [5, 5.41) is 2.95. The number of rotatable bonds is 7. The number of hydrogen-bond acceptors (Lipinski definition) is 3. The maximum atomic E-state index is 13.5. The van der Waals surface area contributed by atoms with Crippen LogP contribution in [0.4, 0.5) is 0 Å². The molecule has 3 rings (SSSR count). The first-order valence-corrected chi connectivity index (χ1v) is 9.76. The van der Waals surface area contributed by atoms with Crippen molar-refractivity contribution in [3.05, 3.63) is 71.3 Å². The van der Waals surface area contributed by atoms with Gasteiger partial charge in [0.05, 0.1) is 0 Å². The summed E-state index contributed by atoms with van der Waals surface area (Å²) in [4.78, 5) is 27.5. The molecule has 0 unspecified atom stereocenters. The van der Waals surface area contributed by atoms with Crippen molar-refractivity contribution in [3.63, 3.8) is 0 Å². The number of nitrogens with one attached hydrogen (secondary N) is 1. The number of carbonyl (C=O) groups excluding carboxylic acids is 2. The number of carbonyl (C=O) groups is 2. The number of likely N-dealkylation sites (N-methyl/N-ethyl adjacent to an activating group) is 1. The average molecular weight is 380 g/mol. The maximum absolute atomic E-state index is 13.5. The Morgan fingerprint density at radius 1 is 1.04 bits per heavy atom. The topological polar surface area (TPSA) is 75.4 Å². The zero-order chi connectivity index (χ0) is 20.3. The number of nitrogens with two attached hydrogens (primary N) is 1. The summed E-state index contributed by atoms with van der Waals surface area (Å²) in [5.41, 5.74) is 8.30. The molecule has 148 valence electrons. The summed E-state index contributed by atoms with van der Waals surface area (Å²) >= 11 is 0. The number of hydrogen-bond donors (Lipinski definition) is 2. The van der Waals surface area contributed by atoms with Crippen molar-refractivity contribution in [1.29, 1.82) is 0 Å². The zero-order valence-corrected chi connectivity index (χ0v) is 16.8. The molecule has 0 heterocycles. The molecule has 0 radical (unpaired) electrons. The summed E-state index contributed by atoms with van der Waals surface area (Å²) in [6, 6.07) is 17.6. The van der Waals surface area contributed by atoms with Crippen molar-refractivity contribution in [2.45, 2.75) is 44.8 Å². The molecule has 0 aliphatic heterocycles. The summed E-state index contributed by atoms with van der Waals surface area (Å²) < 4.78 is 0. The van der Waals surface area contributed by atoms with Crippen LogP contribution in [0.2, 0.25) is 0 Å². The first kappa shape index (κ1) is 20.1. The first-order chi connectivity index (χ1) is 13.3. The molecule has 0 spiro atoms. The van der Waals surface area contributed by atoms with Crippen LogP contribution in [-0.2, 0) is 29.0 Å². The monoisotopic (exact) mass is 379 g/mol. The van der Waals surface area contributed by atoms with Crippen molar-refractivity contribution in [2.24, 2.45) is 11.7 Å². The Morgan fingerprint density at radius 3 is 2.07 bits per heavy atom. The van der Waals surface area contributed by atoms with E-state index < -0.39 is 17.5 Å². The van der Waals surface area contributed by atoms with Gasteiger partial charge in [-0.05, 0) is 29.7 Å². The molecule has 1 aliphatic rings. The van der Waals surface area contributed by atoms with Gasteiger partial charge in [-0.1, -0.05) is 68.4 Å². The zero-order valence-electron chi connectivity index (χ0n) is 16.8. The number of primary amides is 1. The van der Waals surface area contributed by atoms with Crippen LogP contribution in [0.1, 0.15) is 30.5 Å². The summed E-state index contributed by atoms with van der Waals surface area (Å²) in [5.74, 6) is -0.707. The predicted octanol–water partition coefficient (Wildman–Crippen LogP) is 2.28. The molecule has 0 saturated carbocycles. The third-order valence-corrected chi connectivity index (χ3v) is 5.76. The van der Waals surface area contributed by atoms with E-state index in [1.807, 2.05) is 51.2 Å². The van der Waals surface area contributed by atoms with E-state index in [1.165, 1.54) is 11.1 Å².